The maximum atomic E-state index is 5.36. The van der Waals surface area contributed by atoms with Gasteiger partial charge in [0.25, 0.3) is 0 Å². The molecule has 2 aliphatic rings. The summed E-state index contributed by atoms with van der Waals surface area (Å²) in [5, 5.41) is 3.65. The van der Waals surface area contributed by atoms with E-state index in [0.717, 1.165) is 44.7 Å². The highest BCUT2D eigenvalue weighted by Crippen LogP contribution is 2.27. The van der Waals surface area contributed by atoms with Crippen LogP contribution in [0.4, 0.5) is 0 Å². The van der Waals surface area contributed by atoms with Gasteiger partial charge in [0.15, 0.2) is 0 Å². The van der Waals surface area contributed by atoms with E-state index in [9.17, 15) is 0 Å². The lowest BCUT2D eigenvalue weighted by Gasteiger charge is -2.27. The van der Waals surface area contributed by atoms with Crippen LogP contribution in [-0.2, 0) is 4.74 Å². The van der Waals surface area contributed by atoms with Gasteiger partial charge in [-0.1, -0.05) is 18.6 Å². The molecule has 0 radical (unpaired) electrons. The lowest BCUT2D eigenvalue weighted by Crippen LogP contribution is -2.38. The fraction of sp³-hybridized carbons (Fsp3) is 0.875. The van der Waals surface area contributed by atoms with Crippen molar-refractivity contribution < 1.29 is 4.74 Å². The minimum absolute atomic E-state index is 0.772. The molecular weight excluding hydrogens is 236 g/mol. The first kappa shape index (κ1) is 15.0. The summed E-state index contributed by atoms with van der Waals surface area (Å²) in [6.07, 6.45) is 6.35. The summed E-state index contributed by atoms with van der Waals surface area (Å²) in [4.78, 5) is 2.51. The van der Waals surface area contributed by atoms with Gasteiger partial charge in [-0.25, -0.2) is 0 Å². The summed E-state index contributed by atoms with van der Waals surface area (Å²) in [6, 6.07) is 0. The monoisotopic (exact) mass is 266 g/mol. The van der Waals surface area contributed by atoms with E-state index in [1.807, 2.05) is 0 Å². The molecule has 0 spiro atoms. The van der Waals surface area contributed by atoms with Crippen LogP contribution in [0.2, 0.25) is 0 Å². The summed E-state index contributed by atoms with van der Waals surface area (Å²) in [5.74, 6) is 1.62. The third kappa shape index (κ3) is 5.64. The summed E-state index contributed by atoms with van der Waals surface area (Å²) in [5.41, 5.74) is 1.58. The van der Waals surface area contributed by atoms with Gasteiger partial charge in [-0.3, -0.25) is 4.90 Å². The second-order valence-electron chi connectivity index (χ2n) is 6.31. The molecule has 0 amide bonds. The molecule has 2 rings (SSSR count). The molecule has 1 saturated heterocycles. The molecule has 1 aliphatic heterocycles. The van der Waals surface area contributed by atoms with Gasteiger partial charge in [0.05, 0.1) is 13.2 Å². The van der Waals surface area contributed by atoms with E-state index in [1.54, 1.807) is 5.57 Å². The van der Waals surface area contributed by atoms with Crippen LogP contribution in [0.1, 0.15) is 33.1 Å². The van der Waals surface area contributed by atoms with Gasteiger partial charge in [0.1, 0.15) is 0 Å². The van der Waals surface area contributed by atoms with E-state index in [0.29, 0.717) is 0 Å². The van der Waals surface area contributed by atoms with Crippen LogP contribution < -0.4 is 5.32 Å². The van der Waals surface area contributed by atoms with E-state index in [2.05, 4.69) is 30.1 Å². The molecule has 3 nitrogen and oxygen atoms in total. The van der Waals surface area contributed by atoms with Gasteiger partial charge in [0, 0.05) is 13.1 Å². The molecule has 1 fully saturated rings. The molecule has 1 N–H and O–H groups in total. The average molecular weight is 266 g/mol. The molecule has 2 atom stereocenters. The highest BCUT2D eigenvalue weighted by Gasteiger charge is 2.17. The van der Waals surface area contributed by atoms with Crippen molar-refractivity contribution >= 4 is 0 Å². The molecule has 3 heteroatoms. The summed E-state index contributed by atoms with van der Waals surface area (Å²) >= 11 is 0. The van der Waals surface area contributed by atoms with Gasteiger partial charge in [-0.05, 0) is 57.7 Å². The van der Waals surface area contributed by atoms with E-state index in [4.69, 9.17) is 4.74 Å². The van der Waals surface area contributed by atoms with Crippen molar-refractivity contribution in [3.05, 3.63) is 11.6 Å². The molecule has 1 aliphatic carbocycles. The predicted octanol–water partition coefficient (Wildman–Crippen LogP) is 2.29. The summed E-state index contributed by atoms with van der Waals surface area (Å²) in [7, 11) is 0. The molecule has 19 heavy (non-hydrogen) atoms. The second kappa shape index (κ2) is 8.03. The number of morpholine rings is 1. The van der Waals surface area contributed by atoms with Gasteiger partial charge in [-0.15, -0.1) is 0 Å². The Morgan fingerprint density at radius 3 is 2.89 bits per heavy atom. The van der Waals surface area contributed by atoms with E-state index >= 15 is 0 Å². The van der Waals surface area contributed by atoms with Crippen LogP contribution in [0.5, 0.6) is 0 Å². The number of allylic oxidation sites excluding steroid dienone is 2. The second-order valence-corrected chi connectivity index (χ2v) is 6.31. The van der Waals surface area contributed by atoms with E-state index < -0.39 is 0 Å². The molecule has 0 bridgehead atoms. The fourth-order valence-corrected chi connectivity index (χ4v) is 3.40. The van der Waals surface area contributed by atoms with Crippen LogP contribution in [-0.4, -0.2) is 50.8 Å². The van der Waals surface area contributed by atoms with Crippen molar-refractivity contribution in [2.75, 3.05) is 45.9 Å². The molecule has 2 unspecified atom stereocenters. The highest BCUT2D eigenvalue weighted by molar-refractivity contribution is 5.06. The van der Waals surface area contributed by atoms with Crippen molar-refractivity contribution in [1.82, 2.24) is 10.2 Å². The third-order valence-electron chi connectivity index (χ3n) is 4.25. The summed E-state index contributed by atoms with van der Waals surface area (Å²) < 4.78 is 5.36. The maximum Gasteiger partial charge on any atom is 0.0594 e. The zero-order chi connectivity index (χ0) is 13.5. The van der Waals surface area contributed by atoms with Crippen molar-refractivity contribution in [3.63, 3.8) is 0 Å². The van der Waals surface area contributed by atoms with Crippen LogP contribution in [0.15, 0.2) is 11.6 Å². The first-order chi connectivity index (χ1) is 9.24. The average Bonchev–Trinajstić information content (AvgIpc) is 2.38. The van der Waals surface area contributed by atoms with Crippen LogP contribution in [0, 0.1) is 11.8 Å². The standard InChI is InChI=1S/C16H30N2O/c1-14-10-15(2)12-16(11-14)13-17-4-3-5-18-6-8-19-9-7-18/h10,14,16-17H,3-9,11-13H2,1-2H3. The van der Waals surface area contributed by atoms with E-state index in [-0.39, 0.29) is 0 Å². The van der Waals surface area contributed by atoms with Crippen LogP contribution in [0.25, 0.3) is 0 Å². The van der Waals surface area contributed by atoms with E-state index in [1.165, 1.54) is 32.4 Å². The molecule has 1 heterocycles. The third-order valence-corrected chi connectivity index (χ3v) is 4.25. The Kier molecular flexibility index (Phi) is 6.35. The Labute approximate surface area is 118 Å². The smallest absolute Gasteiger partial charge is 0.0594 e. The lowest BCUT2D eigenvalue weighted by atomic mass is 9.84. The molecule has 0 aromatic rings. The Morgan fingerprint density at radius 1 is 1.37 bits per heavy atom. The number of ether oxygens (including phenoxy) is 1. The van der Waals surface area contributed by atoms with Gasteiger partial charge >= 0.3 is 0 Å². The first-order valence-electron chi connectivity index (χ1n) is 7.92. The van der Waals surface area contributed by atoms with Crippen molar-refractivity contribution in [2.24, 2.45) is 11.8 Å². The minimum atomic E-state index is 0.772. The number of hydrogen-bond donors (Lipinski definition) is 1. The lowest BCUT2D eigenvalue weighted by molar-refractivity contribution is 0.0374. The van der Waals surface area contributed by atoms with Gasteiger partial charge in [0.2, 0.25) is 0 Å². The van der Waals surface area contributed by atoms with Crippen molar-refractivity contribution in [1.29, 1.82) is 0 Å². The normalized spacial score (nSPS) is 29.3. The summed E-state index contributed by atoms with van der Waals surface area (Å²) in [6.45, 7) is 12.3. The Morgan fingerprint density at radius 2 is 2.16 bits per heavy atom. The zero-order valence-corrected chi connectivity index (χ0v) is 12.7. The molecule has 0 aromatic heterocycles. The molecular formula is C16H30N2O. The van der Waals surface area contributed by atoms with Crippen molar-refractivity contribution in [3.8, 4) is 0 Å². The molecule has 110 valence electrons. The Hall–Kier alpha value is -0.380. The molecule has 0 aromatic carbocycles. The predicted molar refractivity (Wildman–Crippen MR) is 80.4 cm³/mol. The van der Waals surface area contributed by atoms with Crippen LogP contribution >= 0.6 is 0 Å². The minimum Gasteiger partial charge on any atom is -0.379 e. The van der Waals surface area contributed by atoms with Gasteiger partial charge < -0.3 is 10.1 Å². The maximum absolute atomic E-state index is 5.36. The van der Waals surface area contributed by atoms with Crippen LogP contribution in [0.3, 0.4) is 0 Å². The largest absolute Gasteiger partial charge is 0.379 e. The van der Waals surface area contributed by atoms with Crippen molar-refractivity contribution in [2.45, 2.75) is 33.1 Å². The first-order valence-corrected chi connectivity index (χ1v) is 7.92. The van der Waals surface area contributed by atoms with Gasteiger partial charge in [-0.2, -0.15) is 0 Å². The topological polar surface area (TPSA) is 24.5 Å². The Balaban J connectivity index is 1.51. The fourth-order valence-electron chi connectivity index (χ4n) is 3.40. The number of rotatable bonds is 6. The number of nitrogens with one attached hydrogen (secondary N) is 1. The highest BCUT2D eigenvalue weighted by atomic mass is 16.5. The molecule has 0 saturated carbocycles. The zero-order valence-electron chi connectivity index (χ0n) is 12.7. The number of hydrogen-bond acceptors (Lipinski definition) is 3. The SMILES string of the molecule is CC1=CC(C)CC(CNCCCN2CCOCC2)C1. The number of nitrogens with zero attached hydrogens (tertiary/aromatic N) is 1. The Bertz CT molecular complexity index is 284. The quantitative estimate of drug-likeness (QED) is 0.590.